The van der Waals surface area contributed by atoms with Crippen LogP contribution in [-0.4, -0.2) is 34.7 Å². The van der Waals surface area contributed by atoms with E-state index in [1.54, 1.807) is 30.7 Å². The molecule has 2 aromatic heterocycles. The summed E-state index contributed by atoms with van der Waals surface area (Å²) >= 11 is 5.93. The highest BCUT2D eigenvalue weighted by Crippen LogP contribution is 2.19. The summed E-state index contributed by atoms with van der Waals surface area (Å²) in [6.45, 7) is 3.42. The fourth-order valence-corrected chi connectivity index (χ4v) is 1.63. The van der Waals surface area contributed by atoms with Crippen LogP contribution in [0.4, 0.5) is 5.82 Å². The Labute approximate surface area is 122 Å². The first-order valence-electron chi connectivity index (χ1n) is 6.21. The highest BCUT2D eigenvalue weighted by atomic mass is 35.5. The monoisotopic (exact) mass is 294 g/mol. The van der Waals surface area contributed by atoms with Gasteiger partial charge < -0.3 is 14.8 Å². The van der Waals surface area contributed by atoms with E-state index in [0.29, 0.717) is 42.4 Å². The maximum Gasteiger partial charge on any atom is 0.234 e. The van der Waals surface area contributed by atoms with Gasteiger partial charge in [-0.25, -0.2) is 4.98 Å². The molecule has 106 valence electrons. The molecule has 0 aliphatic carbocycles. The molecule has 0 saturated heterocycles. The molecule has 2 heterocycles. The SMILES string of the molecule is CCOc1cncc(NCCOc2ncccc2Cl)n1. The van der Waals surface area contributed by atoms with Crippen molar-refractivity contribution in [3.63, 3.8) is 0 Å². The first-order valence-corrected chi connectivity index (χ1v) is 6.59. The zero-order valence-corrected chi connectivity index (χ0v) is 11.8. The molecule has 0 bridgehead atoms. The lowest BCUT2D eigenvalue weighted by Gasteiger charge is -2.08. The molecule has 0 unspecified atom stereocenters. The van der Waals surface area contributed by atoms with Crippen LogP contribution >= 0.6 is 11.6 Å². The van der Waals surface area contributed by atoms with Crippen LogP contribution in [0.1, 0.15) is 6.92 Å². The van der Waals surface area contributed by atoms with Crippen molar-refractivity contribution >= 4 is 17.4 Å². The molecule has 2 aromatic rings. The van der Waals surface area contributed by atoms with Crippen molar-refractivity contribution in [3.8, 4) is 11.8 Å². The van der Waals surface area contributed by atoms with Gasteiger partial charge in [-0.05, 0) is 19.1 Å². The molecule has 6 nitrogen and oxygen atoms in total. The van der Waals surface area contributed by atoms with Crippen molar-refractivity contribution in [1.82, 2.24) is 15.0 Å². The Balaban J connectivity index is 1.78. The van der Waals surface area contributed by atoms with Crippen LogP contribution in [-0.2, 0) is 0 Å². The average Bonchev–Trinajstić information content (AvgIpc) is 2.46. The molecular weight excluding hydrogens is 280 g/mol. The van der Waals surface area contributed by atoms with Crippen molar-refractivity contribution in [2.45, 2.75) is 6.92 Å². The minimum absolute atomic E-state index is 0.414. The number of hydrogen-bond acceptors (Lipinski definition) is 6. The predicted molar refractivity (Wildman–Crippen MR) is 76.4 cm³/mol. The van der Waals surface area contributed by atoms with E-state index in [9.17, 15) is 0 Å². The Morgan fingerprint density at radius 3 is 3.00 bits per heavy atom. The third-order valence-corrected chi connectivity index (χ3v) is 2.56. The van der Waals surface area contributed by atoms with Gasteiger partial charge in [0, 0.05) is 6.20 Å². The standard InChI is InChI=1S/C13H15ClN4O2/c1-2-19-12-9-15-8-11(18-12)16-6-7-20-13-10(14)4-3-5-17-13/h3-5,8-9H,2,6-7H2,1H3,(H,16,18). The Morgan fingerprint density at radius 2 is 2.20 bits per heavy atom. The van der Waals surface area contributed by atoms with E-state index in [0.717, 1.165) is 0 Å². The van der Waals surface area contributed by atoms with Crippen LogP contribution in [0.15, 0.2) is 30.7 Å². The molecule has 0 saturated carbocycles. The lowest BCUT2D eigenvalue weighted by Crippen LogP contribution is -2.13. The first-order chi connectivity index (χ1) is 9.79. The Kier molecular flexibility index (Phi) is 5.37. The zero-order chi connectivity index (χ0) is 14.2. The molecule has 0 aromatic carbocycles. The predicted octanol–water partition coefficient (Wildman–Crippen LogP) is 2.41. The number of halogens is 1. The lowest BCUT2D eigenvalue weighted by atomic mass is 10.5. The fraction of sp³-hybridized carbons (Fsp3) is 0.308. The van der Waals surface area contributed by atoms with Crippen LogP contribution in [0.3, 0.4) is 0 Å². The van der Waals surface area contributed by atoms with Crippen LogP contribution in [0.5, 0.6) is 11.8 Å². The van der Waals surface area contributed by atoms with E-state index in [-0.39, 0.29) is 0 Å². The summed E-state index contributed by atoms with van der Waals surface area (Å²) in [6.07, 6.45) is 4.82. The molecule has 0 atom stereocenters. The minimum Gasteiger partial charge on any atom is -0.477 e. The molecule has 0 aliphatic heterocycles. The maximum atomic E-state index is 5.93. The molecule has 0 spiro atoms. The van der Waals surface area contributed by atoms with Gasteiger partial charge in [0.15, 0.2) is 0 Å². The normalized spacial score (nSPS) is 10.1. The molecule has 1 N–H and O–H groups in total. The molecule has 20 heavy (non-hydrogen) atoms. The second-order valence-corrected chi connectivity index (χ2v) is 4.15. The number of nitrogens with one attached hydrogen (secondary N) is 1. The van der Waals surface area contributed by atoms with E-state index in [4.69, 9.17) is 21.1 Å². The van der Waals surface area contributed by atoms with Crippen molar-refractivity contribution in [2.75, 3.05) is 25.1 Å². The lowest BCUT2D eigenvalue weighted by molar-refractivity contribution is 0.318. The van der Waals surface area contributed by atoms with Crippen LogP contribution in [0.2, 0.25) is 5.02 Å². The zero-order valence-electron chi connectivity index (χ0n) is 11.0. The summed E-state index contributed by atoms with van der Waals surface area (Å²) in [7, 11) is 0. The van der Waals surface area contributed by atoms with Gasteiger partial charge in [-0.3, -0.25) is 4.98 Å². The maximum absolute atomic E-state index is 5.93. The van der Waals surface area contributed by atoms with Crippen molar-refractivity contribution in [3.05, 3.63) is 35.7 Å². The smallest absolute Gasteiger partial charge is 0.234 e. The van der Waals surface area contributed by atoms with Crippen molar-refractivity contribution in [1.29, 1.82) is 0 Å². The molecule has 0 amide bonds. The quantitative estimate of drug-likeness (QED) is 0.791. The van der Waals surface area contributed by atoms with Crippen LogP contribution in [0.25, 0.3) is 0 Å². The number of pyridine rings is 1. The van der Waals surface area contributed by atoms with Gasteiger partial charge in [-0.15, -0.1) is 0 Å². The molecular formula is C13H15ClN4O2. The number of nitrogens with zero attached hydrogens (tertiary/aromatic N) is 3. The van der Waals surface area contributed by atoms with Crippen LogP contribution in [0, 0.1) is 0 Å². The van der Waals surface area contributed by atoms with E-state index >= 15 is 0 Å². The van der Waals surface area contributed by atoms with Gasteiger partial charge in [-0.1, -0.05) is 11.6 Å². The molecule has 0 aliphatic rings. The average molecular weight is 295 g/mol. The number of anilines is 1. The van der Waals surface area contributed by atoms with E-state index in [1.807, 2.05) is 6.92 Å². The number of rotatable bonds is 7. The molecule has 2 rings (SSSR count). The van der Waals surface area contributed by atoms with Gasteiger partial charge in [0.2, 0.25) is 11.8 Å². The second-order valence-electron chi connectivity index (χ2n) is 3.74. The highest BCUT2D eigenvalue weighted by Gasteiger charge is 2.02. The van der Waals surface area contributed by atoms with Gasteiger partial charge in [-0.2, -0.15) is 4.98 Å². The summed E-state index contributed by atoms with van der Waals surface area (Å²) in [5.41, 5.74) is 0. The van der Waals surface area contributed by atoms with Gasteiger partial charge in [0.1, 0.15) is 17.4 Å². The van der Waals surface area contributed by atoms with Crippen molar-refractivity contribution < 1.29 is 9.47 Å². The summed E-state index contributed by atoms with van der Waals surface area (Å²) in [5.74, 6) is 1.54. The molecule has 0 radical (unpaired) electrons. The molecule has 7 heteroatoms. The fourth-order valence-electron chi connectivity index (χ4n) is 1.45. The number of aromatic nitrogens is 3. The highest BCUT2D eigenvalue weighted by molar-refractivity contribution is 6.31. The van der Waals surface area contributed by atoms with Crippen molar-refractivity contribution in [2.24, 2.45) is 0 Å². The van der Waals surface area contributed by atoms with Crippen LogP contribution < -0.4 is 14.8 Å². The summed E-state index contributed by atoms with van der Waals surface area (Å²) in [4.78, 5) is 12.3. The minimum atomic E-state index is 0.414. The Morgan fingerprint density at radius 1 is 1.30 bits per heavy atom. The summed E-state index contributed by atoms with van der Waals surface area (Å²) < 4.78 is 10.7. The Bertz CT molecular complexity index is 553. The van der Waals surface area contributed by atoms with Gasteiger partial charge in [0.25, 0.3) is 0 Å². The van der Waals surface area contributed by atoms with E-state index < -0.39 is 0 Å². The number of ether oxygens (including phenoxy) is 2. The van der Waals surface area contributed by atoms with Gasteiger partial charge in [0.05, 0.1) is 25.5 Å². The number of hydrogen-bond donors (Lipinski definition) is 1. The third-order valence-electron chi connectivity index (χ3n) is 2.28. The summed E-state index contributed by atoms with van der Waals surface area (Å²) in [5, 5.41) is 3.58. The first kappa shape index (κ1) is 14.3. The second kappa shape index (κ2) is 7.49. The summed E-state index contributed by atoms with van der Waals surface area (Å²) in [6, 6.07) is 3.48. The Hall–Kier alpha value is -2.08. The van der Waals surface area contributed by atoms with Gasteiger partial charge >= 0.3 is 0 Å². The van der Waals surface area contributed by atoms with E-state index in [2.05, 4.69) is 20.3 Å². The third kappa shape index (κ3) is 4.24. The largest absolute Gasteiger partial charge is 0.477 e. The molecule has 0 fully saturated rings. The topological polar surface area (TPSA) is 69.2 Å². The van der Waals surface area contributed by atoms with E-state index in [1.165, 1.54) is 0 Å².